The van der Waals surface area contributed by atoms with Crippen LogP contribution in [-0.2, 0) is 0 Å². The number of rotatable bonds is 4. The van der Waals surface area contributed by atoms with Crippen LogP contribution in [0.15, 0.2) is 94.9 Å². The molecule has 0 saturated carbocycles. The lowest BCUT2D eigenvalue weighted by atomic mass is 10.2. The van der Waals surface area contributed by atoms with Crippen LogP contribution in [-0.4, -0.2) is 19.2 Å². The van der Waals surface area contributed by atoms with E-state index in [1.807, 2.05) is 77.2 Å². The molecule has 0 aliphatic rings. The third-order valence-electron chi connectivity index (χ3n) is 4.96. The molecule has 6 heteroatoms. The van der Waals surface area contributed by atoms with Crippen molar-refractivity contribution in [2.75, 3.05) is 0 Å². The van der Waals surface area contributed by atoms with E-state index in [1.54, 1.807) is 16.3 Å². The average Bonchev–Trinajstić information content (AvgIpc) is 3.18. The van der Waals surface area contributed by atoms with E-state index in [0.717, 1.165) is 16.4 Å². The fraction of sp³-hybridized carbons (Fsp3) is 0.0870. The Kier molecular flexibility index (Phi) is 4.41. The Labute approximate surface area is 171 Å². The molecule has 5 aromatic rings. The normalized spacial score (nSPS) is 12.4. The van der Waals surface area contributed by atoms with Gasteiger partial charge in [-0.05, 0) is 36.8 Å². The first-order valence-electron chi connectivity index (χ1n) is 9.40. The highest BCUT2D eigenvalue weighted by Gasteiger charge is 2.19. The molecule has 0 aliphatic heterocycles. The third kappa shape index (κ3) is 3.02. The van der Waals surface area contributed by atoms with Gasteiger partial charge in [0.1, 0.15) is 0 Å². The fourth-order valence-corrected chi connectivity index (χ4v) is 4.50. The third-order valence-corrected chi connectivity index (χ3v) is 6.06. The summed E-state index contributed by atoms with van der Waals surface area (Å²) in [5, 5.41) is 10.5. The minimum atomic E-state index is -0.0978. The Morgan fingerprint density at radius 1 is 0.828 bits per heavy atom. The van der Waals surface area contributed by atoms with Gasteiger partial charge in [-0.1, -0.05) is 72.4 Å². The van der Waals surface area contributed by atoms with Crippen molar-refractivity contribution >= 4 is 28.4 Å². The van der Waals surface area contributed by atoms with Gasteiger partial charge < -0.3 is 0 Å². The van der Waals surface area contributed by atoms with Gasteiger partial charge in [0.15, 0.2) is 5.16 Å². The van der Waals surface area contributed by atoms with E-state index in [9.17, 15) is 4.79 Å². The topological polar surface area (TPSA) is 52.2 Å². The largest absolute Gasteiger partial charge is 0.268 e. The van der Waals surface area contributed by atoms with E-state index >= 15 is 0 Å². The molecule has 0 bridgehead atoms. The molecule has 0 aliphatic carbocycles. The molecule has 142 valence electrons. The van der Waals surface area contributed by atoms with Crippen LogP contribution in [0.25, 0.3) is 22.4 Å². The zero-order valence-corrected chi connectivity index (χ0v) is 16.6. The van der Waals surface area contributed by atoms with Crippen molar-refractivity contribution in [2.24, 2.45) is 0 Å². The van der Waals surface area contributed by atoms with Crippen LogP contribution in [0, 0.1) is 0 Å². The molecule has 0 spiro atoms. The number of benzene rings is 3. The molecular formula is C23H18N4OS. The van der Waals surface area contributed by atoms with Gasteiger partial charge >= 0.3 is 0 Å². The zero-order valence-electron chi connectivity index (χ0n) is 15.8. The lowest BCUT2D eigenvalue weighted by Gasteiger charge is -2.13. The summed E-state index contributed by atoms with van der Waals surface area (Å²) in [4.78, 5) is 13.3. The molecule has 0 amide bonds. The number of para-hydroxylation sites is 2. The van der Waals surface area contributed by atoms with Gasteiger partial charge in [-0.2, -0.15) is 0 Å². The number of thioether (sulfide) groups is 1. The summed E-state index contributed by atoms with van der Waals surface area (Å²) in [6, 6.07) is 27.5. The molecule has 0 fully saturated rings. The van der Waals surface area contributed by atoms with Crippen molar-refractivity contribution < 1.29 is 0 Å². The molecule has 1 atom stereocenters. The minimum Gasteiger partial charge on any atom is -0.268 e. The Hall–Kier alpha value is -3.38. The van der Waals surface area contributed by atoms with E-state index in [0.29, 0.717) is 11.2 Å². The number of hydrogen-bond acceptors (Lipinski definition) is 4. The van der Waals surface area contributed by atoms with E-state index in [2.05, 4.69) is 29.3 Å². The Morgan fingerprint density at radius 2 is 1.48 bits per heavy atom. The van der Waals surface area contributed by atoms with Crippen molar-refractivity contribution in [2.45, 2.75) is 17.3 Å². The highest BCUT2D eigenvalue weighted by Crippen LogP contribution is 2.34. The molecule has 0 radical (unpaired) electrons. The SMILES string of the molecule is C[C@H](Sc1nnc2n(-c3ccccc3)c(=O)c3ccccc3n12)c1ccccc1. The number of nitrogens with zero attached hydrogens (tertiary/aromatic N) is 4. The number of fused-ring (bicyclic) bond motifs is 3. The van der Waals surface area contributed by atoms with Crippen molar-refractivity contribution in [3.05, 3.63) is 101 Å². The Bertz CT molecular complexity index is 1360. The molecule has 0 saturated heterocycles. The number of hydrogen-bond donors (Lipinski definition) is 0. The van der Waals surface area contributed by atoms with Crippen LogP contribution in [0.1, 0.15) is 17.7 Å². The van der Waals surface area contributed by atoms with E-state index in [4.69, 9.17) is 0 Å². The summed E-state index contributed by atoms with van der Waals surface area (Å²) in [6.07, 6.45) is 0. The monoisotopic (exact) mass is 398 g/mol. The van der Waals surface area contributed by atoms with Crippen molar-refractivity contribution in [1.82, 2.24) is 19.2 Å². The maximum Gasteiger partial charge on any atom is 0.267 e. The van der Waals surface area contributed by atoms with Crippen LogP contribution in [0.2, 0.25) is 0 Å². The first-order chi connectivity index (χ1) is 14.2. The minimum absolute atomic E-state index is 0.0978. The smallest absolute Gasteiger partial charge is 0.267 e. The van der Waals surface area contributed by atoms with Crippen LogP contribution in [0.5, 0.6) is 0 Å². The maximum absolute atomic E-state index is 13.3. The lowest BCUT2D eigenvalue weighted by molar-refractivity contribution is 0.921. The van der Waals surface area contributed by atoms with Crippen molar-refractivity contribution in [3.63, 3.8) is 0 Å². The molecule has 2 heterocycles. The molecule has 0 N–H and O–H groups in total. The highest BCUT2D eigenvalue weighted by atomic mass is 32.2. The fourth-order valence-electron chi connectivity index (χ4n) is 3.52. The predicted molar refractivity (Wildman–Crippen MR) is 117 cm³/mol. The standard InChI is InChI=1S/C23H18N4OS/c1-16(17-10-4-2-5-11-17)29-23-25-24-22-26(18-12-6-3-7-13-18)21(28)19-14-8-9-15-20(19)27(22)23/h2-16H,1H3/t16-/m0/s1. The van der Waals surface area contributed by atoms with Crippen LogP contribution < -0.4 is 5.56 Å². The van der Waals surface area contributed by atoms with Crippen molar-refractivity contribution in [3.8, 4) is 5.69 Å². The zero-order chi connectivity index (χ0) is 19.8. The van der Waals surface area contributed by atoms with E-state index in [-0.39, 0.29) is 10.8 Å². The summed E-state index contributed by atoms with van der Waals surface area (Å²) in [5.74, 6) is 0.516. The molecular weight excluding hydrogens is 380 g/mol. The van der Waals surface area contributed by atoms with Crippen LogP contribution in [0.4, 0.5) is 0 Å². The molecule has 5 rings (SSSR count). The summed E-state index contributed by atoms with van der Waals surface area (Å²) in [7, 11) is 0. The first-order valence-corrected chi connectivity index (χ1v) is 10.3. The summed E-state index contributed by atoms with van der Waals surface area (Å²) in [6.45, 7) is 2.15. The molecule has 2 aromatic heterocycles. The van der Waals surface area contributed by atoms with Gasteiger partial charge in [0, 0.05) is 5.25 Å². The second kappa shape index (κ2) is 7.22. The van der Waals surface area contributed by atoms with Gasteiger partial charge in [0.05, 0.1) is 16.6 Å². The van der Waals surface area contributed by atoms with Crippen LogP contribution >= 0.6 is 11.8 Å². The summed E-state index contributed by atoms with van der Waals surface area (Å²) < 4.78 is 3.61. The van der Waals surface area contributed by atoms with Gasteiger partial charge in [-0.15, -0.1) is 10.2 Å². The van der Waals surface area contributed by atoms with E-state index < -0.39 is 0 Å². The second-order valence-electron chi connectivity index (χ2n) is 6.78. The first kappa shape index (κ1) is 17.7. The molecule has 29 heavy (non-hydrogen) atoms. The summed E-state index contributed by atoms with van der Waals surface area (Å²) >= 11 is 1.63. The second-order valence-corrected chi connectivity index (χ2v) is 8.09. The average molecular weight is 398 g/mol. The van der Waals surface area contributed by atoms with Gasteiger partial charge in [0.2, 0.25) is 5.78 Å². The Morgan fingerprint density at radius 3 is 2.24 bits per heavy atom. The van der Waals surface area contributed by atoms with Gasteiger partial charge in [-0.25, -0.2) is 4.57 Å². The maximum atomic E-state index is 13.3. The molecule has 5 nitrogen and oxygen atoms in total. The number of aromatic nitrogens is 4. The van der Waals surface area contributed by atoms with Gasteiger partial charge in [0.25, 0.3) is 5.56 Å². The highest BCUT2D eigenvalue weighted by molar-refractivity contribution is 7.99. The summed E-state index contributed by atoms with van der Waals surface area (Å²) in [5.41, 5.74) is 2.70. The van der Waals surface area contributed by atoms with E-state index in [1.165, 1.54) is 5.56 Å². The Balaban J connectivity index is 1.76. The molecule has 3 aromatic carbocycles. The molecule has 0 unspecified atom stereocenters. The predicted octanol–water partition coefficient (Wildman–Crippen LogP) is 4.89. The van der Waals surface area contributed by atoms with Crippen LogP contribution in [0.3, 0.4) is 0 Å². The van der Waals surface area contributed by atoms with Crippen molar-refractivity contribution in [1.29, 1.82) is 0 Å². The lowest BCUT2D eigenvalue weighted by Crippen LogP contribution is -2.21. The van der Waals surface area contributed by atoms with Gasteiger partial charge in [-0.3, -0.25) is 9.20 Å². The quantitative estimate of drug-likeness (QED) is 0.405.